The minimum Gasteiger partial charge on any atom is -0.465 e. The number of hydrogen-bond donors (Lipinski definition) is 0. The number of carbonyl (C=O) groups is 2. The van der Waals surface area contributed by atoms with Gasteiger partial charge >= 0.3 is 5.97 Å². The van der Waals surface area contributed by atoms with E-state index in [1.807, 2.05) is 0 Å². The Bertz CT molecular complexity index is 234. The molecular weight excluding hydrogens is 194 g/mol. The average Bonchev–Trinajstić information content (AvgIpc) is 2.28. The van der Waals surface area contributed by atoms with Crippen LogP contribution in [-0.2, 0) is 14.3 Å². The molecule has 1 aliphatic rings. The Balaban J connectivity index is 2.47. The van der Waals surface area contributed by atoms with Crippen molar-refractivity contribution in [2.45, 2.75) is 26.7 Å². The molecule has 1 radical (unpaired) electrons. The largest absolute Gasteiger partial charge is 0.465 e. The molecule has 0 spiro atoms. The number of likely N-dealkylation sites (tertiary alicyclic amines) is 1. The molecular formula is C11H18NO3. The van der Waals surface area contributed by atoms with Crippen LogP contribution in [0, 0.1) is 12.3 Å². The molecule has 0 aromatic rings. The first kappa shape index (κ1) is 12.0. The fourth-order valence-electron chi connectivity index (χ4n) is 1.61. The van der Waals surface area contributed by atoms with Gasteiger partial charge in [0.05, 0.1) is 6.61 Å². The fraction of sp³-hybridized carbons (Fsp3) is 0.727. The van der Waals surface area contributed by atoms with Crippen molar-refractivity contribution in [2.24, 2.45) is 5.92 Å². The van der Waals surface area contributed by atoms with Crippen molar-refractivity contribution in [2.75, 3.05) is 19.7 Å². The summed E-state index contributed by atoms with van der Waals surface area (Å²) in [6.07, 6.45) is 4.00. The third-order valence-electron chi connectivity index (χ3n) is 2.53. The molecule has 15 heavy (non-hydrogen) atoms. The zero-order chi connectivity index (χ0) is 11.3. The maximum Gasteiger partial charge on any atom is 0.318 e. The Kier molecular flexibility index (Phi) is 4.59. The molecule has 1 rings (SSSR count). The molecule has 0 saturated carbocycles. The molecule has 1 heterocycles. The minimum atomic E-state index is -0.664. The molecule has 4 heteroatoms. The monoisotopic (exact) mass is 212 g/mol. The van der Waals surface area contributed by atoms with Crippen molar-refractivity contribution in [3.05, 3.63) is 6.42 Å². The Labute approximate surface area is 90.6 Å². The van der Waals surface area contributed by atoms with E-state index in [0.717, 1.165) is 25.9 Å². The van der Waals surface area contributed by atoms with Gasteiger partial charge in [0.15, 0.2) is 0 Å². The fourth-order valence-corrected chi connectivity index (χ4v) is 1.61. The number of hydrogen-bond acceptors (Lipinski definition) is 3. The van der Waals surface area contributed by atoms with Crippen molar-refractivity contribution >= 4 is 11.9 Å². The number of amides is 1. The highest BCUT2D eigenvalue weighted by Crippen LogP contribution is 2.12. The zero-order valence-electron chi connectivity index (χ0n) is 9.36. The maximum absolute atomic E-state index is 11.8. The molecule has 0 aliphatic carbocycles. The van der Waals surface area contributed by atoms with Crippen LogP contribution in [-0.4, -0.2) is 36.5 Å². The number of carbonyl (C=O) groups excluding carboxylic acids is 2. The Morgan fingerprint density at radius 1 is 1.40 bits per heavy atom. The summed E-state index contributed by atoms with van der Waals surface area (Å²) in [4.78, 5) is 24.9. The zero-order valence-corrected chi connectivity index (χ0v) is 9.36. The Morgan fingerprint density at radius 2 is 2.00 bits per heavy atom. The van der Waals surface area contributed by atoms with Crippen LogP contribution in [0.5, 0.6) is 0 Å². The first-order valence-electron chi connectivity index (χ1n) is 5.44. The van der Waals surface area contributed by atoms with E-state index >= 15 is 0 Å². The van der Waals surface area contributed by atoms with E-state index in [0.29, 0.717) is 6.61 Å². The summed E-state index contributed by atoms with van der Waals surface area (Å²) in [6.45, 7) is 5.12. The lowest BCUT2D eigenvalue weighted by atomic mass is 10.1. The van der Waals surface area contributed by atoms with Gasteiger partial charge in [-0.3, -0.25) is 9.59 Å². The van der Waals surface area contributed by atoms with Crippen molar-refractivity contribution in [1.29, 1.82) is 0 Å². The molecule has 1 unspecified atom stereocenters. The van der Waals surface area contributed by atoms with Gasteiger partial charge in [0.25, 0.3) is 0 Å². The molecule has 85 valence electrons. The lowest BCUT2D eigenvalue weighted by Crippen LogP contribution is -2.41. The SMILES string of the molecule is CCOC(=O)C(C)C(=O)N1CC[CH]CC1. The quantitative estimate of drug-likeness (QED) is 0.518. The van der Waals surface area contributed by atoms with Gasteiger partial charge in [-0.1, -0.05) is 0 Å². The molecule has 0 aromatic heterocycles. The van der Waals surface area contributed by atoms with Crippen LogP contribution in [0.25, 0.3) is 0 Å². The summed E-state index contributed by atoms with van der Waals surface area (Å²) in [5.74, 6) is -1.19. The molecule has 1 aliphatic heterocycles. The summed E-state index contributed by atoms with van der Waals surface area (Å²) >= 11 is 0. The molecule has 1 amide bonds. The van der Waals surface area contributed by atoms with E-state index in [1.54, 1.807) is 18.7 Å². The van der Waals surface area contributed by atoms with Gasteiger partial charge in [0.2, 0.25) is 5.91 Å². The summed E-state index contributed by atoms with van der Waals surface area (Å²) in [5, 5.41) is 0. The van der Waals surface area contributed by atoms with E-state index in [1.165, 1.54) is 0 Å². The molecule has 1 fully saturated rings. The average molecular weight is 212 g/mol. The van der Waals surface area contributed by atoms with Gasteiger partial charge in [-0.25, -0.2) is 0 Å². The molecule has 4 nitrogen and oxygen atoms in total. The van der Waals surface area contributed by atoms with E-state index in [4.69, 9.17) is 4.74 Å². The van der Waals surface area contributed by atoms with Crippen LogP contribution in [0.3, 0.4) is 0 Å². The van der Waals surface area contributed by atoms with Gasteiger partial charge in [0.1, 0.15) is 5.92 Å². The number of rotatable bonds is 3. The predicted octanol–water partition coefficient (Wildman–Crippen LogP) is 1.01. The molecule has 0 aromatic carbocycles. The Morgan fingerprint density at radius 3 is 2.53 bits per heavy atom. The van der Waals surface area contributed by atoms with Crippen LogP contribution in [0.4, 0.5) is 0 Å². The molecule has 1 atom stereocenters. The second-order valence-electron chi connectivity index (χ2n) is 3.67. The first-order chi connectivity index (χ1) is 7.16. The van der Waals surface area contributed by atoms with Crippen LogP contribution in [0.2, 0.25) is 0 Å². The summed E-state index contributed by atoms with van der Waals surface area (Å²) < 4.78 is 4.82. The van der Waals surface area contributed by atoms with Gasteiger partial charge < -0.3 is 9.64 Å². The van der Waals surface area contributed by atoms with Crippen molar-refractivity contribution in [3.63, 3.8) is 0 Å². The van der Waals surface area contributed by atoms with Gasteiger partial charge in [-0.05, 0) is 33.1 Å². The lowest BCUT2D eigenvalue weighted by Gasteiger charge is -2.28. The maximum atomic E-state index is 11.8. The normalized spacial score (nSPS) is 18.4. The van der Waals surface area contributed by atoms with Gasteiger partial charge in [-0.2, -0.15) is 0 Å². The first-order valence-corrected chi connectivity index (χ1v) is 5.44. The smallest absolute Gasteiger partial charge is 0.318 e. The highest BCUT2D eigenvalue weighted by Gasteiger charge is 2.28. The predicted molar refractivity (Wildman–Crippen MR) is 55.9 cm³/mol. The van der Waals surface area contributed by atoms with E-state index in [-0.39, 0.29) is 5.91 Å². The van der Waals surface area contributed by atoms with Crippen LogP contribution >= 0.6 is 0 Å². The molecule has 0 N–H and O–H groups in total. The summed E-state index contributed by atoms with van der Waals surface area (Å²) in [5.41, 5.74) is 0. The number of piperidine rings is 1. The third kappa shape index (κ3) is 3.22. The molecule has 1 saturated heterocycles. The van der Waals surface area contributed by atoms with Crippen LogP contribution < -0.4 is 0 Å². The summed E-state index contributed by atoms with van der Waals surface area (Å²) in [6, 6.07) is 0. The standard InChI is InChI=1S/C11H18NO3/c1-3-15-11(14)9(2)10(13)12-7-5-4-6-8-12/h4,9H,3,5-8H2,1-2H3. The minimum absolute atomic E-state index is 0.110. The lowest BCUT2D eigenvalue weighted by molar-refractivity contribution is -0.154. The number of nitrogens with zero attached hydrogens (tertiary/aromatic N) is 1. The van der Waals surface area contributed by atoms with E-state index in [9.17, 15) is 9.59 Å². The van der Waals surface area contributed by atoms with Crippen molar-refractivity contribution in [1.82, 2.24) is 4.90 Å². The second kappa shape index (κ2) is 5.73. The van der Waals surface area contributed by atoms with Crippen LogP contribution in [0.15, 0.2) is 0 Å². The number of ether oxygens (including phenoxy) is 1. The van der Waals surface area contributed by atoms with Gasteiger partial charge in [-0.15, -0.1) is 0 Å². The van der Waals surface area contributed by atoms with E-state index < -0.39 is 11.9 Å². The summed E-state index contributed by atoms with van der Waals surface area (Å²) in [7, 11) is 0. The van der Waals surface area contributed by atoms with Gasteiger partial charge in [0, 0.05) is 13.1 Å². The Hall–Kier alpha value is -1.06. The van der Waals surface area contributed by atoms with E-state index in [2.05, 4.69) is 6.42 Å². The third-order valence-corrected chi connectivity index (χ3v) is 2.53. The topological polar surface area (TPSA) is 46.6 Å². The van der Waals surface area contributed by atoms with Crippen LogP contribution in [0.1, 0.15) is 26.7 Å². The highest BCUT2D eigenvalue weighted by molar-refractivity contribution is 5.97. The van der Waals surface area contributed by atoms with Crippen molar-refractivity contribution in [3.8, 4) is 0 Å². The second-order valence-corrected chi connectivity index (χ2v) is 3.67. The molecule has 0 bridgehead atoms. The number of esters is 1. The highest BCUT2D eigenvalue weighted by atomic mass is 16.5. The van der Waals surface area contributed by atoms with Crippen molar-refractivity contribution < 1.29 is 14.3 Å².